The molecule has 4 rings (SSSR count). The van der Waals surface area contributed by atoms with Crippen LogP contribution in [0.25, 0.3) is 0 Å². The molecule has 0 radical (unpaired) electrons. The number of rotatable bonds is 5. The lowest BCUT2D eigenvalue weighted by Gasteiger charge is -2.37. The van der Waals surface area contributed by atoms with Gasteiger partial charge >= 0.3 is 0 Å². The normalized spacial score (nSPS) is 21.7. The van der Waals surface area contributed by atoms with Gasteiger partial charge in [-0.3, -0.25) is 4.79 Å². The summed E-state index contributed by atoms with van der Waals surface area (Å²) in [5.74, 6) is 2.96. The SMILES string of the molecule is Cc1nccn1CC(=O)N1CC(c2nncn2CC(C)C)C2(CCCCC2)C1. The van der Waals surface area contributed by atoms with Crippen molar-refractivity contribution in [3.8, 4) is 0 Å². The van der Waals surface area contributed by atoms with E-state index in [1.807, 2.05) is 24.0 Å². The zero-order valence-corrected chi connectivity index (χ0v) is 17.3. The number of likely N-dealkylation sites (tertiary alicyclic amines) is 1. The second-order valence-electron chi connectivity index (χ2n) is 9.09. The zero-order valence-electron chi connectivity index (χ0n) is 17.3. The fraction of sp³-hybridized carbons (Fsp3) is 0.714. The quantitative estimate of drug-likeness (QED) is 0.795. The maximum Gasteiger partial charge on any atom is 0.242 e. The van der Waals surface area contributed by atoms with Crippen molar-refractivity contribution < 1.29 is 4.79 Å². The van der Waals surface area contributed by atoms with E-state index in [0.29, 0.717) is 12.5 Å². The van der Waals surface area contributed by atoms with Crippen molar-refractivity contribution >= 4 is 5.91 Å². The smallest absolute Gasteiger partial charge is 0.242 e. The van der Waals surface area contributed by atoms with Crippen molar-refractivity contribution in [3.05, 3.63) is 30.4 Å². The van der Waals surface area contributed by atoms with Crippen LogP contribution in [0.15, 0.2) is 18.7 Å². The minimum Gasteiger partial charge on any atom is -0.340 e. The summed E-state index contributed by atoms with van der Waals surface area (Å²) >= 11 is 0. The van der Waals surface area contributed by atoms with Crippen LogP contribution in [-0.4, -0.2) is 48.2 Å². The summed E-state index contributed by atoms with van der Waals surface area (Å²) in [6.07, 6.45) is 11.7. The maximum atomic E-state index is 13.1. The largest absolute Gasteiger partial charge is 0.340 e. The van der Waals surface area contributed by atoms with Gasteiger partial charge in [-0.15, -0.1) is 10.2 Å². The summed E-state index contributed by atoms with van der Waals surface area (Å²) in [7, 11) is 0. The summed E-state index contributed by atoms with van der Waals surface area (Å²) in [5.41, 5.74) is 0.152. The van der Waals surface area contributed by atoms with E-state index in [1.54, 1.807) is 6.20 Å². The standard InChI is InChI=1S/C21H32N6O/c1-16(2)11-27-15-23-24-20(27)18-12-26(14-21(18)7-5-4-6-8-21)19(28)13-25-10-9-22-17(25)3/h9-10,15-16,18H,4-8,11-14H2,1-3H3. The number of nitrogens with zero attached hydrogens (tertiary/aromatic N) is 6. The molecular formula is C21H32N6O. The molecule has 1 saturated heterocycles. The summed E-state index contributed by atoms with van der Waals surface area (Å²) in [5, 5.41) is 8.78. The topological polar surface area (TPSA) is 68.8 Å². The number of aryl methyl sites for hydroxylation is 1. The van der Waals surface area contributed by atoms with Crippen LogP contribution in [0, 0.1) is 18.3 Å². The number of imidazole rings is 1. The van der Waals surface area contributed by atoms with E-state index in [-0.39, 0.29) is 17.2 Å². The minimum atomic E-state index is 0.152. The molecule has 2 aliphatic rings. The third-order valence-corrected chi connectivity index (χ3v) is 6.60. The van der Waals surface area contributed by atoms with E-state index in [0.717, 1.165) is 31.3 Å². The highest BCUT2D eigenvalue weighted by molar-refractivity contribution is 5.76. The summed E-state index contributed by atoms with van der Waals surface area (Å²) in [6.45, 7) is 9.28. The number of amides is 1. The van der Waals surface area contributed by atoms with Crippen molar-refractivity contribution in [3.63, 3.8) is 0 Å². The number of carbonyl (C=O) groups is 1. The van der Waals surface area contributed by atoms with E-state index in [1.165, 1.54) is 32.1 Å². The lowest BCUT2D eigenvalue weighted by molar-refractivity contribution is -0.131. The van der Waals surface area contributed by atoms with Gasteiger partial charge in [-0.2, -0.15) is 0 Å². The third-order valence-electron chi connectivity index (χ3n) is 6.60. The average molecular weight is 385 g/mol. The Kier molecular flexibility index (Phi) is 5.25. The van der Waals surface area contributed by atoms with Crippen LogP contribution in [0.4, 0.5) is 0 Å². The Balaban J connectivity index is 1.59. The van der Waals surface area contributed by atoms with Crippen molar-refractivity contribution in [2.24, 2.45) is 11.3 Å². The molecule has 7 nitrogen and oxygen atoms in total. The monoisotopic (exact) mass is 384 g/mol. The third kappa shape index (κ3) is 3.59. The molecule has 1 unspecified atom stereocenters. The van der Waals surface area contributed by atoms with Crippen LogP contribution in [0.5, 0.6) is 0 Å². The molecule has 0 aromatic carbocycles. The lowest BCUT2D eigenvalue weighted by atomic mass is 9.67. The van der Waals surface area contributed by atoms with Crippen molar-refractivity contribution in [2.45, 2.75) is 71.9 Å². The molecule has 1 aliphatic carbocycles. The minimum absolute atomic E-state index is 0.152. The highest BCUT2D eigenvalue weighted by Gasteiger charge is 2.50. The Morgan fingerprint density at radius 3 is 2.71 bits per heavy atom. The van der Waals surface area contributed by atoms with Gasteiger partial charge in [0.25, 0.3) is 0 Å². The molecule has 1 amide bonds. The molecule has 3 heterocycles. The van der Waals surface area contributed by atoms with E-state index in [4.69, 9.17) is 0 Å². The molecule has 1 aliphatic heterocycles. The number of hydrogen-bond donors (Lipinski definition) is 0. The first-order chi connectivity index (χ1) is 13.5. The fourth-order valence-electron chi connectivity index (χ4n) is 5.16. The highest BCUT2D eigenvalue weighted by atomic mass is 16.2. The van der Waals surface area contributed by atoms with Gasteiger partial charge in [0.1, 0.15) is 24.5 Å². The Hall–Kier alpha value is -2.18. The van der Waals surface area contributed by atoms with Crippen LogP contribution in [0.2, 0.25) is 0 Å². The van der Waals surface area contributed by atoms with Gasteiger partial charge in [0, 0.05) is 37.9 Å². The van der Waals surface area contributed by atoms with Gasteiger partial charge < -0.3 is 14.0 Å². The van der Waals surface area contributed by atoms with Crippen LogP contribution in [0.3, 0.4) is 0 Å². The molecule has 152 valence electrons. The first-order valence-corrected chi connectivity index (χ1v) is 10.6. The molecule has 2 fully saturated rings. The molecule has 2 aromatic heterocycles. The van der Waals surface area contributed by atoms with Crippen LogP contribution >= 0.6 is 0 Å². The molecular weight excluding hydrogens is 352 g/mol. The number of carbonyl (C=O) groups excluding carboxylic acids is 1. The summed E-state index contributed by atoms with van der Waals surface area (Å²) in [4.78, 5) is 19.4. The van der Waals surface area contributed by atoms with E-state index < -0.39 is 0 Å². The zero-order chi connectivity index (χ0) is 19.7. The van der Waals surface area contributed by atoms with Crippen molar-refractivity contribution in [1.82, 2.24) is 29.2 Å². The fourth-order valence-corrected chi connectivity index (χ4v) is 5.16. The molecule has 0 N–H and O–H groups in total. The first-order valence-electron chi connectivity index (χ1n) is 10.6. The lowest BCUT2D eigenvalue weighted by Crippen LogP contribution is -2.36. The molecule has 1 spiro atoms. The van der Waals surface area contributed by atoms with Gasteiger partial charge in [-0.25, -0.2) is 4.98 Å². The second-order valence-corrected chi connectivity index (χ2v) is 9.09. The van der Waals surface area contributed by atoms with E-state index in [2.05, 4.69) is 38.5 Å². The molecule has 2 aromatic rings. The van der Waals surface area contributed by atoms with Crippen LogP contribution in [-0.2, 0) is 17.9 Å². The van der Waals surface area contributed by atoms with Gasteiger partial charge in [-0.05, 0) is 31.1 Å². The number of aromatic nitrogens is 5. The molecule has 1 atom stereocenters. The maximum absolute atomic E-state index is 13.1. The Morgan fingerprint density at radius 2 is 2.04 bits per heavy atom. The predicted molar refractivity (Wildman–Crippen MR) is 107 cm³/mol. The van der Waals surface area contributed by atoms with Crippen molar-refractivity contribution in [2.75, 3.05) is 13.1 Å². The van der Waals surface area contributed by atoms with Gasteiger partial charge in [0.2, 0.25) is 5.91 Å². The Morgan fingerprint density at radius 1 is 1.25 bits per heavy atom. The van der Waals surface area contributed by atoms with Gasteiger partial charge in [0.15, 0.2) is 0 Å². The predicted octanol–water partition coefficient (Wildman–Crippen LogP) is 3.02. The average Bonchev–Trinajstić information content (AvgIpc) is 3.36. The molecule has 0 bridgehead atoms. The molecule has 1 saturated carbocycles. The number of hydrogen-bond acceptors (Lipinski definition) is 4. The molecule has 7 heteroatoms. The second kappa shape index (κ2) is 7.68. The Labute approximate surface area is 167 Å². The molecule has 28 heavy (non-hydrogen) atoms. The summed E-state index contributed by atoms with van der Waals surface area (Å²) < 4.78 is 4.16. The summed E-state index contributed by atoms with van der Waals surface area (Å²) in [6, 6.07) is 0. The van der Waals surface area contributed by atoms with Crippen LogP contribution in [0.1, 0.15) is 63.5 Å². The van der Waals surface area contributed by atoms with E-state index >= 15 is 0 Å². The highest BCUT2D eigenvalue weighted by Crippen LogP contribution is 2.51. The van der Waals surface area contributed by atoms with Crippen LogP contribution < -0.4 is 0 Å². The van der Waals surface area contributed by atoms with E-state index in [9.17, 15) is 4.79 Å². The Bertz CT molecular complexity index is 816. The van der Waals surface area contributed by atoms with Gasteiger partial charge in [0.05, 0.1) is 0 Å². The van der Waals surface area contributed by atoms with Crippen molar-refractivity contribution in [1.29, 1.82) is 0 Å². The van der Waals surface area contributed by atoms with Gasteiger partial charge in [-0.1, -0.05) is 33.1 Å². The first kappa shape index (κ1) is 19.2.